The van der Waals surface area contributed by atoms with Crippen LogP contribution in [0.15, 0.2) is 54.6 Å². The van der Waals surface area contributed by atoms with E-state index in [0.29, 0.717) is 29.4 Å². The molecule has 2 N–H and O–H groups in total. The van der Waals surface area contributed by atoms with Crippen molar-refractivity contribution in [3.05, 3.63) is 82.7 Å². The molecule has 148 valence electrons. The third kappa shape index (κ3) is 5.38. The lowest BCUT2D eigenvalue weighted by molar-refractivity contribution is 0.0600. The van der Waals surface area contributed by atoms with Crippen LogP contribution in [-0.4, -0.2) is 29.0 Å². The van der Waals surface area contributed by atoms with Gasteiger partial charge in [-0.3, -0.25) is 4.79 Å². The largest absolute Gasteiger partial charge is 0.465 e. The van der Waals surface area contributed by atoms with Gasteiger partial charge in [0.25, 0.3) is 5.91 Å². The van der Waals surface area contributed by atoms with E-state index in [9.17, 15) is 9.59 Å². The van der Waals surface area contributed by atoms with Crippen LogP contribution in [0.3, 0.4) is 0 Å². The minimum Gasteiger partial charge on any atom is -0.465 e. The Labute approximate surface area is 169 Å². The number of hydrogen-bond acceptors (Lipinski definition) is 6. The minimum atomic E-state index is -0.407. The average molecular weight is 390 g/mol. The summed E-state index contributed by atoms with van der Waals surface area (Å²) in [5, 5.41) is 5.93. The van der Waals surface area contributed by atoms with E-state index in [2.05, 4.69) is 25.3 Å². The van der Waals surface area contributed by atoms with Crippen LogP contribution in [0.5, 0.6) is 0 Å². The summed E-state index contributed by atoms with van der Waals surface area (Å²) in [5.41, 5.74) is 4.23. The number of hydrogen-bond donors (Lipinski definition) is 2. The van der Waals surface area contributed by atoms with Crippen LogP contribution in [0, 0.1) is 13.8 Å². The van der Waals surface area contributed by atoms with Gasteiger partial charge in [-0.05, 0) is 49.7 Å². The van der Waals surface area contributed by atoms with Crippen LogP contribution < -0.4 is 10.6 Å². The summed E-state index contributed by atoms with van der Waals surface area (Å²) in [6.07, 6.45) is 0. The third-order valence-electron chi connectivity index (χ3n) is 4.18. The van der Waals surface area contributed by atoms with Crippen molar-refractivity contribution in [1.29, 1.82) is 0 Å². The molecule has 0 aliphatic heterocycles. The maximum atomic E-state index is 12.5. The number of carbonyl (C=O) groups excluding carboxylic acids is 2. The molecule has 0 radical (unpaired) electrons. The predicted octanol–water partition coefficient (Wildman–Crippen LogP) is 3.55. The summed E-state index contributed by atoms with van der Waals surface area (Å²) < 4.78 is 4.69. The number of ether oxygens (including phenoxy) is 1. The maximum Gasteiger partial charge on any atom is 0.337 e. The Balaban J connectivity index is 1.70. The summed E-state index contributed by atoms with van der Waals surface area (Å²) in [6.45, 7) is 4.22. The normalized spacial score (nSPS) is 10.3. The second-order valence-corrected chi connectivity index (χ2v) is 6.58. The van der Waals surface area contributed by atoms with Gasteiger partial charge >= 0.3 is 5.97 Å². The molecular weight excluding hydrogens is 368 g/mol. The van der Waals surface area contributed by atoms with E-state index in [4.69, 9.17) is 0 Å². The van der Waals surface area contributed by atoms with Gasteiger partial charge in [0.05, 0.1) is 12.7 Å². The molecule has 3 aromatic rings. The van der Waals surface area contributed by atoms with Crippen molar-refractivity contribution >= 4 is 23.5 Å². The summed E-state index contributed by atoms with van der Waals surface area (Å²) in [5.74, 6) is -0.381. The van der Waals surface area contributed by atoms with Crippen molar-refractivity contribution in [2.45, 2.75) is 20.4 Å². The summed E-state index contributed by atoms with van der Waals surface area (Å²) >= 11 is 0. The van der Waals surface area contributed by atoms with Crippen LogP contribution in [-0.2, 0) is 11.3 Å². The van der Waals surface area contributed by atoms with E-state index in [1.807, 2.05) is 31.2 Å². The topological polar surface area (TPSA) is 93.2 Å². The van der Waals surface area contributed by atoms with Gasteiger partial charge in [0.2, 0.25) is 5.95 Å². The Hall–Kier alpha value is -3.74. The number of methoxy groups -OCH3 is 1. The Morgan fingerprint density at radius 3 is 2.45 bits per heavy atom. The second kappa shape index (κ2) is 8.97. The van der Waals surface area contributed by atoms with E-state index >= 15 is 0 Å². The maximum absolute atomic E-state index is 12.5. The van der Waals surface area contributed by atoms with Gasteiger partial charge in [-0.2, -0.15) is 0 Å². The summed E-state index contributed by atoms with van der Waals surface area (Å²) in [4.78, 5) is 32.7. The molecule has 0 unspecified atom stereocenters. The number of esters is 1. The minimum absolute atomic E-state index is 0.277. The molecule has 7 nitrogen and oxygen atoms in total. The fourth-order valence-electron chi connectivity index (χ4n) is 2.77. The van der Waals surface area contributed by atoms with Crippen LogP contribution >= 0.6 is 0 Å². The van der Waals surface area contributed by atoms with Gasteiger partial charge in [0.15, 0.2) is 0 Å². The first-order valence-electron chi connectivity index (χ1n) is 9.09. The van der Waals surface area contributed by atoms with E-state index < -0.39 is 5.97 Å². The molecule has 1 heterocycles. The summed E-state index contributed by atoms with van der Waals surface area (Å²) in [6, 6.07) is 16.3. The molecule has 0 fully saturated rings. The monoisotopic (exact) mass is 390 g/mol. The lowest BCUT2D eigenvalue weighted by Gasteiger charge is -2.10. The van der Waals surface area contributed by atoms with Gasteiger partial charge in [-0.25, -0.2) is 14.8 Å². The van der Waals surface area contributed by atoms with Crippen molar-refractivity contribution in [2.75, 3.05) is 12.4 Å². The molecule has 3 rings (SSSR count). The van der Waals surface area contributed by atoms with Gasteiger partial charge in [0.1, 0.15) is 5.69 Å². The van der Waals surface area contributed by atoms with Crippen molar-refractivity contribution in [2.24, 2.45) is 0 Å². The molecule has 0 bridgehead atoms. The van der Waals surface area contributed by atoms with Crippen LogP contribution in [0.2, 0.25) is 0 Å². The standard InChI is InChI=1S/C22H22N4O3/c1-14-5-4-6-16(11-14)13-23-20(27)19-12-15(2)24-22(26-19)25-18-9-7-17(8-10-18)21(28)29-3/h4-12H,13H2,1-3H3,(H,23,27)(H,24,25,26). The van der Waals surface area contributed by atoms with Crippen molar-refractivity contribution in [1.82, 2.24) is 15.3 Å². The molecular formula is C22H22N4O3. The Morgan fingerprint density at radius 2 is 1.76 bits per heavy atom. The molecule has 0 aliphatic carbocycles. The third-order valence-corrected chi connectivity index (χ3v) is 4.18. The molecule has 1 amide bonds. The molecule has 0 aliphatic rings. The highest BCUT2D eigenvalue weighted by Gasteiger charge is 2.11. The predicted molar refractivity (Wildman–Crippen MR) is 110 cm³/mol. The Bertz CT molecular complexity index is 1030. The number of carbonyl (C=O) groups is 2. The molecule has 7 heteroatoms. The van der Waals surface area contributed by atoms with Crippen molar-refractivity contribution in [3.8, 4) is 0 Å². The number of benzene rings is 2. The molecule has 0 spiro atoms. The molecule has 0 atom stereocenters. The number of nitrogens with zero attached hydrogens (tertiary/aromatic N) is 2. The highest BCUT2D eigenvalue weighted by Crippen LogP contribution is 2.16. The molecule has 0 saturated heterocycles. The molecule has 1 aromatic heterocycles. The zero-order valence-electron chi connectivity index (χ0n) is 16.5. The number of rotatable bonds is 6. The van der Waals surface area contributed by atoms with Gasteiger partial charge in [0, 0.05) is 17.9 Å². The molecule has 2 aromatic carbocycles. The zero-order chi connectivity index (χ0) is 20.8. The van der Waals surface area contributed by atoms with Gasteiger partial charge in [-0.15, -0.1) is 0 Å². The fraction of sp³-hybridized carbons (Fsp3) is 0.182. The zero-order valence-corrected chi connectivity index (χ0v) is 16.5. The van der Waals surface area contributed by atoms with Crippen LogP contribution in [0.25, 0.3) is 0 Å². The smallest absolute Gasteiger partial charge is 0.337 e. The quantitative estimate of drug-likeness (QED) is 0.625. The average Bonchev–Trinajstić information content (AvgIpc) is 2.71. The second-order valence-electron chi connectivity index (χ2n) is 6.58. The number of amides is 1. The highest BCUT2D eigenvalue weighted by atomic mass is 16.5. The van der Waals surface area contributed by atoms with Crippen molar-refractivity contribution < 1.29 is 14.3 Å². The van der Waals surface area contributed by atoms with Gasteiger partial charge < -0.3 is 15.4 Å². The van der Waals surface area contributed by atoms with E-state index in [0.717, 1.165) is 11.1 Å². The Morgan fingerprint density at radius 1 is 1.00 bits per heavy atom. The lowest BCUT2D eigenvalue weighted by atomic mass is 10.1. The van der Waals surface area contributed by atoms with Gasteiger partial charge in [-0.1, -0.05) is 29.8 Å². The molecule has 29 heavy (non-hydrogen) atoms. The fourth-order valence-corrected chi connectivity index (χ4v) is 2.77. The van der Waals surface area contributed by atoms with Crippen LogP contribution in [0.1, 0.15) is 37.7 Å². The number of anilines is 2. The van der Waals surface area contributed by atoms with Crippen molar-refractivity contribution in [3.63, 3.8) is 0 Å². The first-order chi connectivity index (χ1) is 13.9. The van der Waals surface area contributed by atoms with E-state index in [1.165, 1.54) is 7.11 Å². The number of aromatic nitrogens is 2. The summed E-state index contributed by atoms with van der Waals surface area (Å²) in [7, 11) is 1.33. The number of nitrogens with one attached hydrogen (secondary N) is 2. The van der Waals surface area contributed by atoms with E-state index in [1.54, 1.807) is 37.3 Å². The van der Waals surface area contributed by atoms with E-state index in [-0.39, 0.29) is 11.6 Å². The van der Waals surface area contributed by atoms with Crippen LogP contribution in [0.4, 0.5) is 11.6 Å². The highest BCUT2D eigenvalue weighted by molar-refractivity contribution is 5.92. The first kappa shape index (κ1) is 20.0. The molecule has 0 saturated carbocycles. The first-order valence-corrected chi connectivity index (χ1v) is 9.09. The SMILES string of the molecule is COC(=O)c1ccc(Nc2nc(C)cc(C(=O)NCc3cccc(C)c3)n2)cc1. The lowest BCUT2D eigenvalue weighted by Crippen LogP contribution is -2.24. The Kier molecular flexibility index (Phi) is 6.19. The number of aryl methyl sites for hydroxylation is 2.